The molecule has 0 bridgehead atoms. The number of hydrogen-bond donors (Lipinski definition) is 2. The van der Waals surface area contributed by atoms with Crippen LogP contribution in [0.3, 0.4) is 0 Å². The van der Waals surface area contributed by atoms with E-state index >= 15 is 0 Å². The largest absolute Gasteiger partial charge is 0.481 e. The summed E-state index contributed by atoms with van der Waals surface area (Å²) in [5.74, 6) is -8.22. The number of hydrogen-bond acceptors (Lipinski definition) is 8. The number of carbonyl (C=O) groups is 5. The first-order valence-electron chi connectivity index (χ1n) is 11.2. The van der Waals surface area contributed by atoms with E-state index in [0.29, 0.717) is 5.56 Å². The molecule has 35 heavy (non-hydrogen) atoms. The highest BCUT2D eigenvalue weighted by molar-refractivity contribution is 6.00. The predicted octanol–water partition coefficient (Wildman–Crippen LogP) is 3.26. The number of alkyl carbamates (subject to hydrolysis) is 1. The third kappa shape index (κ3) is 11.0. The zero-order valence-corrected chi connectivity index (χ0v) is 21.2. The second-order valence-electron chi connectivity index (χ2n) is 10.1. The van der Waals surface area contributed by atoms with Gasteiger partial charge in [-0.2, -0.15) is 0 Å². The molecule has 2 N–H and O–H groups in total. The van der Waals surface area contributed by atoms with Crippen molar-refractivity contribution in [1.29, 1.82) is 0 Å². The fourth-order valence-electron chi connectivity index (χ4n) is 2.93. The van der Waals surface area contributed by atoms with E-state index in [1.165, 1.54) is 6.92 Å². The van der Waals surface area contributed by atoms with E-state index in [2.05, 4.69) is 5.32 Å². The van der Waals surface area contributed by atoms with Crippen LogP contribution in [-0.2, 0) is 40.0 Å². The quantitative estimate of drug-likeness (QED) is 0.285. The van der Waals surface area contributed by atoms with Crippen LogP contribution in [0.15, 0.2) is 30.3 Å². The molecular weight excluding hydrogens is 458 g/mol. The number of amides is 1. The normalized spacial score (nSPS) is 14.1. The topological polar surface area (TPSA) is 145 Å². The molecule has 0 saturated heterocycles. The lowest BCUT2D eigenvalue weighted by molar-refractivity contribution is -0.176. The molecule has 1 aromatic carbocycles. The Bertz CT molecular complexity index is 913. The summed E-state index contributed by atoms with van der Waals surface area (Å²) in [6.45, 7) is 10.8. The standard InChI is InChI=1S/C25H35NO9/c1-15(26-23(32)35-25(5,6)7)18(27)13-17(19(20(28)29)22(31)34-24(2,3)4)21(30)33-14-16-11-9-8-10-12-16/h8-12,15,17,19H,13-14H2,1-7H3,(H,26,32)(H,28,29)/t15-,17-,19?/m0/s1. The molecule has 0 aromatic heterocycles. The number of carbonyl (C=O) groups excluding carboxylic acids is 4. The average Bonchev–Trinajstić information content (AvgIpc) is 2.69. The fraction of sp³-hybridized carbons (Fsp3) is 0.560. The van der Waals surface area contributed by atoms with Crippen molar-refractivity contribution in [1.82, 2.24) is 5.32 Å². The maximum Gasteiger partial charge on any atom is 0.408 e. The van der Waals surface area contributed by atoms with Crippen LogP contribution in [0.1, 0.15) is 60.5 Å². The van der Waals surface area contributed by atoms with Crippen molar-refractivity contribution in [3.05, 3.63) is 35.9 Å². The van der Waals surface area contributed by atoms with E-state index in [4.69, 9.17) is 14.2 Å². The van der Waals surface area contributed by atoms with Crippen LogP contribution in [0.5, 0.6) is 0 Å². The van der Waals surface area contributed by atoms with Crippen molar-refractivity contribution in [3.63, 3.8) is 0 Å². The number of ketones is 1. The van der Waals surface area contributed by atoms with E-state index < -0.39 is 65.3 Å². The van der Waals surface area contributed by atoms with Gasteiger partial charge in [0.2, 0.25) is 0 Å². The lowest BCUT2D eigenvalue weighted by atomic mass is 9.86. The summed E-state index contributed by atoms with van der Waals surface area (Å²) in [5.41, 5.74) is -1.20. The number of aliphatic carboxylic acids is 1. The average molecular weight is 494 g/mol. The molecular formula is C25H35NO9. The Morgan fingerprint density at radius 1 is 0.886 bits per heavy atom. The third-order valence-corrected chi connectivity index (χ3v) is 4.49. The summed E-state index contributed by atoms with van der Waals surface area (Å²) in [7, 11) is 0. The Labute approximate surface area is 205 Å². The minimum Gasteiger partial charge on any atom is -0.481 e. The van der Waals surface area contributed by atoms with Crippen LogP contribution < -0.4 is 5.32 Å². The van der Waals surface area contributed by atoms with E-state index in [9.17, 15) is 29.1 Å². The van der Waals surface area contributed by atoms with Crippen LogP contribution in [0.2, 0.25) is 0 Å². The van der Waals surface area contributed by atoms with Gasteiger partial charge in [0.15, 0.2) is 11.7 Å². The van der Waals surface area contributed by atoms with Gasteiger partial charge < -0.3 is 24.6 Å². The van der Waals surface area contributed by atoms with E-state index in [1.54, 1.807) is 71.9 Å². The maximum absolute atomic E-state index is 12.9. The van der Waals surface area contributed by atoms with Gasteiger partial charge in [-0.1, -0.05) is 30.3 Å². The van der Waals surface area contributed by atoms with Gasteiger partial charge in [-0.25, -0.2) is 4.79 Å². The fourth-order valence-corrected chi connectivity index (χ4v) is 2.93. The number of nitrogens with one attached hydrogen (secondary N) is 1. The number of carboxylic acid groups (broad SMARTS) is 1. The van der Waals surface area contributed by atoms with Crippen molar-refractivity contribution in [2.45, 2.75) is 78.7 Å². The molecule has 0 aliphatic rings. The first-order valence-corrected chi connectivity index (χ1v) is 11.2. The molecule has 10 nitrogen and oxygen atoms in total. The van der Waals surface area contributed by atoms with Crippen molar-refractivity contribution >= 4 is 29.8 Å². The SMILES string of the molecule is C[C@H](NC(=O)OC(C)(C)C)C(=O)C[C@H](C(=O)OCc1ccccc1)C(C(=O)O)C(=O)OC(C)(C)C. The van der Waals surface area contributed by atoms with Gasteiger partial charge in [0.05, 0.1) is 12.0 Å². The second kappa shape index (κ2) is 12.3. The maximum atomic E-state index is 12.9. The van der Waals surface area contributed by atoms with Gasteiger partial charge in [0.25, 0.3) is 0 Å². The molecule has 0 spiro atoms. The van der Waals surface area contributed by atoms with E-state index in [0.717, 1.165) is 0 Å². The monoisotopic (exact) mass is 493 g/mol. The van der Waals surface area contributed by atoms with Crippen molar-refractivity contribution < 1.29 is 43.3 Å². The zero-order valence-electron chi connectivity index (χ0n) is 21.2. The van der Waals surface area contributed by atoms with Gasteiger partial charge in [-0.15, -0.1) is 0 Å². The van der Waals surface area contributed by atoms with Gasteiger partial charge in [-0.05, 0) is 54.0 Å². The van der Waals surface area contributed by atoms with E-state index in [-0.39, 0.29) is 6.61 Å². The highest BCUT2D eigenvalue weighted by Gasteiger charge is 2.44. The Hall–Kier alpha value is -3.43. The van der Waals surface area contributed by atoms with Crippen LogP contribution in [0.4, 0.5) is 4.79 Å². The van der Waals surface area contributed by atoms with Crippen molar-refractivity contribution in [2.24, 2.45) is 11.8 Å². The summed E-state index contributed by atoms with van der Waals surface area (Å²) < 4.78 is 15.6. The summed E-state index contributed by atoms with van der Waals surface area (Å²) in [5, 5.41) is 12.1. The summed E-state index contributed by atoms with van der Waals surface area (Å²) in [6, 6.07) is 7.51. The third-order valence-electron chi connectivity index (χ3n) is 4.49. The second-order valence-corrected chi connectivity index (χ2v) is 10.1. The van der Waals surface area contributed by atoms with Crippen LogP contribution in [0, 0.1) is 11.8 Å². The molecule has 0 aliphatic heterocycles. The highest BCUT2D eigenvalue weighted by atomic mass is 16.6. The number of carboxylic acids is 1. The Kier molecular flexibility index (Phi) is 10.4. The molecule has 1 amide bonds. The molecule has 0 saturated carbocycles. The minimum absolute atomic E-state index is 0.184. The number of benzene rings is 1. The molecule has 0 heterocycles. The van der Waals surface area contributed by atoms with Gasteiger partial charge in [0, 0.05) is 6.42 Å². The van der Waals surface area contributed by atoms with Crippen molar-refractivity contribution in [2.75, 3.05) is 0 Å². The van der Waals surface area contributed by atoms with Gasteiger partial charge in [-0.3, -0.25) is 19.2 Å². The summed E-state index contributed by atoms with van der Waals surface area (Å²) in [4.78, 5) is 62.5. The lowest BCUT2D eigenvalue weighted by Crippen LogP contribution is -2.45. The molecule has 1 unspecified atom stereocenters. The first-order chi connectivity index (χ1) is 16.0. The number of ether oxygens (including phenoxy) is 3. The van der Waals surface area contributed by atoms with Crippen LogP contribution >= 0.6 is 0 Å². The molecule has 0 aliphatic carbocycles. The number of Topliss-reactive ketones (excluding diaryl/α,β-unsaturated/α-hetero) is 1. The Morgan fingerprint density at radius 2 is 1.43 bits per heavy atom. The molecule has 1 aromatic rings. The molecule has 1 rings (SSSR count). The summed E-state index contributed by atoms with van der Waals surface area (Å²) in [6.07, 6.45) is -1.54. The molecule has 0 fully saturated rings. The van der Waals surface area contributed by atoms with Gasteiger partial charge >= 0.3 is 24.0 Å². The van der Waals surface area contributed by atoms with Gasteiger partial charge in [0.1, 0.15) is 17.8 Å². The predicted molar refractivity (Wildman–Crippen MR) is 125 cm³/mol. The highest BCUT2D eigenvalue weighted by Crippen LogP contribution is 2.24. The number of esters is 2. The van der Waals surface area contributed by atoms with E-state index in [1.807, 2.05) is 0 Å². The Balaban J connectivity index is 3.12. The first kappa shape index (κ1) is 29.6. The zero-order chi connectivity index (χ0) is 27.0. The molecule has 0 radical (unpaired) electrons. The van der Waals surface area contributed by atoms with Crippen LogP contribution in [0.25, 0.3) is 0 Å². The Morgan fingerprint density at radius 3 is 1.91 bits per heavy atom. The summed E-state index contributed by atoms with van der Waals surface area (Å²) >= 11 is 0. The lowest BCUT2D eigenvalue weighted by Gasteiger charge is -2.26. The van der Waals surface area contributed by atoms with Crippen LogP contribution in [-0.4, -0.2) is 52.1 Å². The smallest absolute Gasteiger partial charge is 0.408 e. The molecule has 10 heteroatoms. The van der Waals surface area contributed by atoms with Crippen molar-refractivity contribution in [3.8, 4) is 0 Å². The molecule has 3 atom stereocenters. The minimum atomic E-state index is -1.99. The molecule has 194 valence electrons. The number of rotatable bonds is 10.